The van der Waals surface area contributed by atoms with Crippen LogP contribution in [0.1, 0.15) is 0 Å². The van der Waals surface area contributed by atoms with Gasteiger partial charge in [0.25, 0.3) is 0 Å². The van der Waals surface area contributed by atoms with Gasteiger partial charge < -0.3 is 10.3 Å². The number of benzene rings is 1. The lowest BCUT2D eigenvalue weighted by Gasteiger charge is -2.05. The molecule has 0 saturated carbocycles. The van der Waals surface area contributed by atoms with Crippen LogP contribution in [0, 0.1) is 5.82 Å². The summed E-state index contributed by atoms with van der Waals surface area (Å²) in [6.07, 6.45) is 5.01. The molecule has 0 saturated heterocycles. The van der Waals surface area contributed by atoms with Crippen LogP contribution in [0.2, 0.25) is 0 Å². The van der Waals surface area contributed by atoms with E-state index < -0.39 is 0 Å². The molecule has 0 radical (unpaired) electrons. The zero-order valence-corrected chi connectivity index (χ0v) is 8.04. The molecule has 2 N–H and O–H groups in total. The highest BCUT2D eigenvalue weighted by atomic mass is 35.5. The molecule has 0 bridgehead atoms. The maximum absolute atomic E-state index is 12.7. The van der Waals surface area contributed by atoms with E-state index in [4.69, 9.17) is 5.73 Å². The molecule has 0 unspecified atom stereocenters. The standard InChI is InChI=1S/C9H8FN3.ClH/c10-7-1-2-9(8(11)5-7)13-4-3-12-6-13;/h1-6H,11H2;1H. The number of hydrogen-bond acceptors (Lipinski definition) is 2. The number of nitrogens with zero attached hydrogens (tertiary/aromatic N) is 2. The zero-order chi connectivity index (χ0) is 9.26. The fourth-order valence-corrected chi connectivity index (χ4v) is 1.16. The fourth-order valence-electron chi connectivity index (χ4n) is 1.16. The number of imidazole rings is 1. The highest BCUT2D eigenvalue weighted by Gasteiger charge is 2.01. The summed E-state index contributed by atoms with van der Waals surface area (Å²) < 4.78 is 14.4. The van der Waals surface area contributed by atoms with E-state index in [1.807, 2.05) is 0 Å². The number of halogens is 2. The normalized spacial score (nSPS) is 9.50. The van der Waals surface area contributed by atoms with E-state index in [-0.39, 0.29) is 18.2 Å². The van der Waals surface area contributed by atoms with Crippen molar-refractivity contribution >= 4 is 18.1 Å². The largest absolute Gasteiger partial charge is 0.397 e. The summed E-state index contributed by atoms with van der Waals surface area (Å²) in [5.41, 5.74) is 6.76. The minimum absolute atomic E-state index is 0. The smallest absolute Gasteiger partial charge is 0.125 e. The summed E-state index contributed by atoms with van der Waals surface area (Å²) in [6.45, 7) is 0. The Kier molecular flexibility index (Phi) is 3.09. The predicted octanol–water partition coefficient (Wildman–Crippen LogP) is 2.02. The average Bonchev–Trinajstić information content (AvgIpc) is 2.56. The molecular formula is C9H9ClFN3. The molecule has 3 nitrogen and oxygen atoms in total. The number of aromatic nitrogens is 2. The van der Waals surface area contributed by atoms with Gasteiger partial charge in [-0.1, -0.05) is 0 Å². The van der Waals surface area contributed by atoms with Gasteiger partial charge in [0, 0.05) is 12.4 Å². The molecule has 0 aliphatic carbocycles. The van der Waals surface area contributed by atoms with Crippen LogP contribution in [-0.4, -0.2) is 9.55 Å². The molecule has 5 heteroatoms. The molecule has 74 valence electrons. The topological polar surface area (TPSA) is 43.8 Å². The van der Waals surface area contributed by atoms with Gasteiger partial charge >= 0.3 is 0 Å². The van der Waals surface area contributed by atoms with Gasteiger partial charge in [0.15, 0.2) is 0 Å². The molecule has 0 aliphatic heterocycles. The molecule has 1 aromatic carbocycles. The number of nitrogens with two attached hydrogens (primary N) is 1. The maximum atomic E-state index is 12.7. The van der Waals surface area contributed by atoms with Crippen molar-refractivity contribution in [3.8, 4) is 5.69 Å². The number of hydrogen-bond donors (Lipinski definition) is 1. The third-order valence-corrected chi connectivity index (χ3v) is 1.77. The number of anilines is 1. The summed E-state index contributed by atoms with van der Waals surface area (Å²) in [5.74, 6) is -0.332. The summed E-state index contributed by atoms with van der Waals surface area (Å²) in [7, 11) is 0. The molecular weight excluding hydrogens is 205 g/mol. The van der Waals surface area contributed by atoms with Crippen LogP contribution >= 0.6 is 12.4 Å². The molecule has 1 heterocycles. The molecule has 14 heavy (non-hydrogen) atoms. The molecule has 0 atom stereocenters. The fraction of sp³-hybridized carbons (Fsp3) is 0. The Morgan fingerprint density at radius 1 is 1.36 bits per heavy atom. The van der Waals surface area contributed by atoms with Crippen molar-refractivity contribution in [3.05, 3.63) is 42.7 Å². The Bertz CT molecular complexity index is 414. The summed E-state index contributed by atoms with van der Waals surface area (Å²) >= 11 is 0. The van der Waals surface area contributed by atoms with Gasteiger partial charge in [-0.3, -0.25) is 0 Å². The second-order valence-corrected chi connectivity index (χ2v) is 2.67. The number of rotatable bonds is 1. The van der Waals surface area contributed by atoms with Crippen LogP contribution in [0.15, 0.2) is 36.9 Å². The van der Waals surface area contributed by atoms with E-state index in [0.717, 1.165) is 5.69 Å². The van der Waals surface area contributed by atoms with Gasteiger partial charge in [0.05, 0.1) is 17.7 Å². The first-order valence-corrected chi connectivity index (χ1v) is 3.81. The maximum Gasteiger partial charge on any atom is 0.125 e. The van der Waals surface area contributed by atoms with Crippen molar-refractivity contribution in [3.63, 3.8) is 0 Å². The zero-order valence-electron chi connectivity index (χ0n) is 7.22. The monoisotopic (exact) mass is 213 g/mol. The van der Waals surface area contributed by atoms with E-state index in [0.29, 0.717) is 5.69 Å². The second kappa shape index (κ2) is 4.11. The van der Waals surface area contributed by atoms with Crippen molar-refractivity contribution in [2.24, 2.45) is 0 Å². The van der Waals surface area contributed by atoms with Gasteiger partial charge in [-0.05, 0) is 18.2 Å². The first-order chi connectivity index (χ1) is 6.27. The van der Waals surface area contributed by atoms with Crippen LogP contribution in [0.25, 0.3) is 5.69 Å². The molecule has 0 spiro atoms. The van der Waals surface area contributed by atoms with E-state index in [1.165, 1.54) is 12.1 Å². The van der Waals surface area contributed by atoms with Gasteiger partial charge in [-0.15, -0.1) is 12.4 Å². The Labute approximate surface area is 86.8 Å². The average molecular weight is 214 g/mol. The Morgan fingerprint density at radius 3 is 2.71 bits per heavy atom. The molecule has 0 aliphatic rings. The highest BCUT2D eigenvalue weighted by molar-refractivity contribution is 5.85. The predicted molar refractivity (Wildman–Crippen MR) is 55.2 cm³/mol. The van der Waals surface area contributed by atoms with E-state index in [9.17, 15) is 4.39 Å². The van der Waals surface area contributed by atoms with Crippen molar-refractivity contribution < 1.29 is 4.39 Å². The van der Waals surface area contributed by atoms with Crippen LogP contribution in [0.4, 0.5) is 10.1 Å². The van der Waals surface area contributed by atoms with Crippen molar-refractivity contribution in [2.75, 3.05) is 5.73 Å². The van der Waals surface area contributed by atoms with Gasteiger partial charge in [0.1, 0.15) is 5.82 Å². The lowest BCUT2D eigenvalue weighted by Crippen LogP contribution is -1.97. The quantitative estimate of drug-likeness (QED) is 0.737. The Hall–Kier alpha value is -1.55. The lowest BCUT2D eigenvalue weighted by molar-refractivity contribution is 0.628. The van der Waals surface area contributed by atoms with Crippen LogP contribution in [0.5, 0.6) is 0 Å². The Balaban J connectivity index is 0.000000980. The van der Waals surface area contributed by atoms with Crippen molar-refractivity contribution in [1.82, 2.24) is 9.55 Å². The summed E-state index contributed by atoms with van der Waals surface area (Å²) in [6, 6.07) is 4.27. The van der Waals surface area contributed by atoms with Gasteiger partial charge in [-0.25, -0.2) is 9.37 Å². The van der Waals surface area contributed by atoms with E-state index >= 15 is 0 Å². The molecule has 2 aromatic rings. The lowest BCUT2D eigenvalue weighted by atomic mass is 10.2. The highest BCUT2D eigenvalue weighted by Crippen LogP contribution is 2.17. The molecule has 0 fully saturated rings. The first kappa shape index (κ1) is 10.5. The van der Waals surface area contributed by atoms with E-state index in [1.54, 1.807) is 29.4 Å². The second-order valence-electron chi connectivity index (χ2n) is 2.67. The summed E-state index contributed by atoms with van der Waals surface area (Å²) in [5, 5.41) is 0. The molecule has 0 amide bonds. The minimum Gasteiger partial charge on any atom is -0.397 e. The van der Waals surface area contributed by atoms with E-state index in [2.05, 4.69) is 4.98 Å². The SMILES string of the molecule is Cl.Nc1cc(F)ccc1-n1ccnc1. The number of nitrogen functional groups attached to an aromatic ring is 1. The first-order valence-electron chi connectivity index (χ1n) is 3.81. The van der Waals surface area contributed by atoms with Crippen molar-refractivity contribution in [2.45, 2.75) is 0 Å². The minimum atomic E-state index is -0.332. The third-order valence-electron chi connectivity index (χ3n) is 1.77. The third kappa shape index (κ3) is 1.85. The molecule has 2 rings (SSSR count). The van der Waals surface area contributed by atoms with Gasteiger partial charge in [0.2, 0.25) is 0 Å². The molecule has 1 aromatic heterocycles. The Morgan fingerprint density at radius 2 is 2.14 bits per heavy atom. The van der Waals surface area contributed by atoms with Crippen molar-refractivity contribution in [1.29, 1.82) is 0 Å². The van der Waals surface area contributed by atoms with Crippen LogP contribution < -0.4 is 5.73 Å². The van der Waals surface area contributed by atoms with Crippen LogP contribution in [-0.2, 0) is 0 Å². The van der Waals surface area contributed by atoms with Crippen LogP contribution in [0.3, 0.4) is 0 Å². The van der Waals surface area contributed by atoms with Gasteiger partial charge in [-0.2, -0.15) is 0 Å². The summed E-state index contributed by atoms with van der Waals surface area (Å²) in [4.78, 5) is 3.88.